The van der Waals surface area contributed by atoms with Crippen molar-refractivity contribution in [1.82, 2.24) is 4.72 Å². The van der Waals surface area contributed by atoms with Gasteiger partial charge in [0.1, 0.15) is 12.4 Å². The van der Waals surface area contributed by atoms with Gasteiger partial charge >= 0.3 is 5.97 Å². The van der Waals surface area contributed by atoms with Crippen LogP contribution in [0.2, 0.25) is 0 Å². The number of carbonyl (C=O) groups is 1. The first-order chi connectivity index (χ1) is 11.1. The van der Waals surface area contributed by atoms with Gasteiger partial charge in [0.15, 0.2) is 0 Å². The van der Waals surface area contributed by atoms with Gasteiger partial charge in [0.25, 0.3) is 10.0 Å². The number of carbonyl (C=O) groups excluding carboxylic acids is 1. The second-order valence-corrected chi connectivity index (χ2v) is 6.48. The molecular weight excluding hydrogens is 316 g/mol. The largest absolute Gasteiger partial charge is 0.460 e. The van der Waals surface area contributed by atoms with Gasteiger partial charge in [0, 0.05) is 5.56 Å². The highest BCUT2D eigenvalue weighted by Gasteiger charge is 2.29. The number of aliphatic imine (C=N–C) groups is 1. The lowest BCUT2D eigenvalue weighted by Crippen LogP contribution is -2.23. The maximum atomic E-state index is 11.9. The van der Waals surface area contributed by atoms with Crippen molar-refractivity contribution in [3.8, 4) is 0 Å². The average molecular weight is 330 g/mol. The van der Waals surface area contributed by atoms with Crippen LogP contribution in [0.5, 0.6) is 0 Å². The van der Waals surface area contributed by atoms with Crippen LogP contribution < -0.4 is 4.72 Å². The number of esters is 1. The molecule has 23 heavy (non-hydrogen) atoms. The molecule has 118 valence electrons. The first kappa shape index (κ1) is 15.2. The van der Waals surface area contributed by atoms with Gasteiger partial charge in [-0.05, 0) is 24.3 Å². The summed E-state index contributed by atoms with van der Waals surface area (Å²) in [6, 6.07) is 15.2. The second kappa shape index (κ2) is 6.21. The number of hydrogen-bond acceptors (Lipinski definition) is 5. The lowest BCUT2D eigenvalue weighted by molar-refractivity contribution is 0.0517. The van der Waals surface area contributed by atoms with Crippen molar-refractivity contribution in [2.24, 2.45) is 4.99 Å². The molecule has 2 aromatic rings. The molecule has 0 bridgehead atoms. The SMILES string of the molecule is O=C(OCCN=C1NS(=O)(=O)c2ccccc21)c1ccccc1. The van der Waals surface area contributed by atoms with Crippen molar-refractivity contribution in [1.29, 1.82) is 0 Å². The van der Waals surface area contributed by atoms with E-state index in [0.29, 0.717) is 11.1 Å². The van der Waals surface area contributed by atoms with Crippen LogP contribution in [-0.4, -0.2) is 33.4 Å². The Morgan fingerprint density at radius 1 is 1.04 bits per heavy atom. The van der Waals surface area contributed by atoms with Crippen molar-refractivity contribution < 1.29 is 17.9 Å². The lowest BCUT2D eigenvalue weighted by atomic mass is 10.2. The Balaban J connectivity index is 1.63. The molecule has 2 aromatic carbocycles. The minimum absolute atomic E-state index is 0.0706. The molecule has 0 unspecified atom stereocenters. The fourth-order valence-electron chi connectivity index (χ4n) is 2.20. The van der Waals surface area contributed by atoms with Gasteiger partial charge in [-0.3, -0.25) is 9.71 Å². The minimum atomic E-state index is -3.54. The van der Waals surface area contributed by atoms with Crippen molar-refractivity contribution >= 4 is 21.8 Å². The Labute approximate surface area is 133 Å². The molecule has 0 amide bonds. The van der Waals surface area contributed by atoms with Crippen LogP contribution in [0.4, 0.5) is 0 Å². The van der Waals surface area contributed by atoms with Crippen LogP contribution in [0.3, 0.4) is 0 Å². The smallest absolute Gasteiger partial charge is 0.338 e. The third-order valence-corrected chi connectivity index (χ3v) is 4.66. The lowest BCUT2D eigenvalue weighted by Gasteiger charge is -2.03. The Morgan fingerprint density at radius 2 is 1.74 bits per heavy atom. The zero-order chi connectivity index (χ0) is 16.3. The van der Waals surface area contributed by atoms with E-state index in [0.717, 1.165) is 0 Å². The van der Waals surface area contributed by atoms with Gasteiger partial charge in [-0.2, -0.15) is 0 Å². The van der Waals surface area contributed by atoms with Crippen molar-refractivity contribution in [3.63, 3.8) is 0 Å². The van der Waals surface area contributed by atoms with Crippen molar-refractivity contribution in [3.05, 3.63) is 65.7 Å². The molecule has 1 heterocycles. The minimum Gasteiger partial charge on any atom is -0.460 e. The summed E-state index contributed by atoms with van der Waals surface area (Å²) in [4.78, 5) is 16.1. The number of fused-ring (bicyclic) bond motifs is 1. The van der Waals surface area contributed by atoms with Gasteiger partial charge < -0.3 is 4.74 Å². The molecule has 0 saturated heterocycles. The van der Waals surface area contributed by atoms with Crippen LogP contribution >= 0.6 is 0 Å². The van der Waals surface area contributed by atoms with Gasteiger partial charge in [-0.25, -0.2) is 13.2 Å². The number of nitrogens with zero attached hydrogens (tertiary/aromatic N) is 1. The molecule has 1 N–H and O–H groups in total. The highest BCUT2D eigenvalue weighted by atomic mass is 32.2. The van der Waals surface area contributed by atoms with E-state index in [-0.39, 0.29) is 23.9 Å². The molecule has 6 nitrogen and oxygen atoms in total. The van der Waals surface area contributed by atoms with Crippen molar-refractivity contribution in [2.45, 2.75) is 4.90 Å². The molecule has 0 aromatic heterocycles. The summed E-state index contributed by atoms with van der Waals surface area (Å²) >= 11 is 0. The van der Waals surface area contributed by atoms with E-state index in [1.54, 1.807) is 42.5 Å². The van der Waals surface area contributed by atoms with E-state index in [4.69, 9.17) is 4.74 Å². The van der Waals surface area contributed by atoms with Crippen LogP contribution in [0.15, 0.2) is 64.5 Å². The quantitative estimate of drug-likeness (QED) is 0.681. The third kappa shape index (κ3) is 3.24. The summed E-state index contributed by atoms with van der Waals surface area (Å²) in [6.07, 6.45) is 0. The van der Waals surface area contributed by atoms with Crippen LogP contribution in [0.1, 0.15) is 15.9 Å². The van der Waals surface area contributed by atoms with E-state index in [1.807, 2.05) is 6.07 Å². The predicted octanol–water partition coefficient (Wildman–Crippen LogP) is 1.58. The van der Waals surface area contributed by atoms with Crippen LogP contribution in [0, 0.1) is 0 Å². The molecule has 0 fully saturated rings. The number of sulfonamides is 1. The first-order valence-electron chi connectivity index (χ1n) is 6.97. The van der Waals surface area contributed by atoms with Crippen molar-refractivity contribution in [2.75, 3.05) is 13.2 Å². The summed E-state index contributed by atoms with van der Waals surface area (Å²) in [5.74, 6) is -0.158. The Morgan fingerprint density at radius 3 is 2.52 bits per heavy atom. The molecule has 0 spiro atoms. The van der Waals surface area contributed by atoms with Crippen LogP contribution in [-0.2, 0) is 14.8 Å². The first-order valence-corrected chi connectivity index (χ1v) is 8.45. The van der Waals surface area contributed by atoms with E-state index >= 15 is 0 Å². The molecule has 0 atom stereocenters. The van der Waals surface area contributed by atoms with Gasteiger partial charge in [0.05, 0.1) is 17.0 Å². The molecule has 3 rings (SSSR count). The van der Waals surface area contributed by atoms with Gasteiger partial charge in [-0.1, -0.05) is 30.3 Å². The fourth-order valence-corrected chi connectivity index (χ4v) is 3.46. The van der Waals surface area contributed by atoms with E-state index < -0.39 is 16.0 Å². The Hall–Kier alpha value is -2.67. The fraction of sp³-hybridized carbons (Fsp3) is 0.125. The standard InChI is InChI=1S/C16H14N2O4S/c19-16(12-6-2-1-3-7-12)22-11-10-17-15-13-8-4-5-9-14(13)23(20,21)18-15/h1-9H,10-11H2,(H,17,18). The summed E-state index contributed by atoms with van der Waals surface area (Å²) < 4.78 is 31.3. The molecule has 0 radical (unpaired) electrons. The number of hydrogen-bond donors (Lipinski definition) is 1. The topological polar surface area (TPSA) is 84.8 Å². The molecule has 7 heteroatoms. The Bertz CT molecular complexity index is 861. The highest BCUT2D eigenvalue weighted by molar-refractivity contribution is 7.90. The number of ether oxygens (including phenoxy) is 1. The predicted molar refractivity (Wildman–Crippen MR) is 84.9 cm³/mol. The molecule has 0 aliphatic carbocycles. The maximum Gasteiger partial charge on any atom is 0.338 e. The number of nitrogens with one attached hydrogen (secondary N) is 1. The normalized spacial score (nSPS) is 16.6. The maximum absolute atomic E-state index is 11.9. The molecule has 1 aliphatic rings. The molecule has 0 saturated carbocycles. The highest BCUT2D eigenvalue weighted by Crippen LogP contribution is 2.21. The summed E-state index contributed by atoms with van der Waals surface area (Å²) in [5, 5.41) is 0. The monoisotopic (exact) mass is 330 g/mol. The van der Waals surface area contributed by atoms with Gasteiger partial charge in [-0.15, -0.1) is 0 Å². The number of rotatable bonds is 4. The third-order valence-electron chi connectivity index (χ3n) is 3.27. The van der Waals surface area contributed by atoms with E-state index in [9.17, 15) is 13.2 Å². The summed E-state index contributed by atoms with van der Waals surface area (Å²) in [7, 11) is -3.54. The zero-order valence-corrected chi connectivity index (χ0v) is 12.9. The number of benzene rings is 2. The average Bonchev–Trinajstić information content (AvgIpc) is 2.83. The second-order valence-electron chi connectivity index (χ2n) is 4.83. The van der Waals surface area contributed by atoms with E-state index in [1.165, 1.54) is 6.07 Å². The van der Waals surface area contributed by atoms with E-state index in [2.05, 4.69) is 9.71 Å². The van der Waals surface area contributed by atoms with Crippen LogP contribution in [0.25, 0.3) is 0 Å². The zero-order valence-electron chi connectivity index (χ0n) is 12.1. The molecule has 1 aliphatic heterocycles. The molecular formula is C16H14N2O4S. The summed E-state index contributed by atoms with van der Waals surface area (Å²) in [5.41, 5.74) is 0.994. The number of amidine groups is 1. The van der Waals surface area contributed by atoms with Gasteiger partial charge in [0.2, 0.25) is 0 Å². The summed E-state index contributed by atoms with van der Waals surface area (Å²) in [6.45, 7) is 0.242. The Kier molecular flexibility index (Phi) is 4.12.